The molecule has 0 amide bonds. The van der Waals surface area contributed by atoms with E-state index in [9.17, 15) is 0 Å². The second-order valence-electron chi connectivity index (χ2n) is 4.75. The number of rotatable bonds is 1. The summed E-state index contributed by atoms with van der Waals surface area (Å²) in [6.45, 7) is 1.92. The van der Waals surface area contributed by atoms with Crippen LogP contribution < -0.4 is 22.9 Å². The molecule has 0 aromatic heterocycles. The minimum absolute atomic E-state index is 0.500. The molecule has 0 radical (unpaired) electrons. The molecule has 4 nitrogen and oxygen atoms in total. The maximum absolute atomic E-state index is 6.13. The lowest BCUT2D eigenvalue weighted by molar-refractivity contribution is 0.553. The molecule has 0 bridgehead atoms. The van der Waals surface area contributed by atoms with Gasteiger partial charge in [0.2, 0.25) is 0 Å². The molecule has 8 N–H and O–H groups in total. The highest BCUT2D eigenvalue weighted by molar-refractivity contribution is 5.76. The Bertz CT molecular complexity index is 512. The van der Waals surface area contributed by atoms with E-state index in [4.69, 9.17) is 22.9 Å². The number of benzene rings is 1. The average molecular weight is 230 g/mol. The zero-order valence-electron chi connectivity index (χ0n) is 9.90. The zero-order valence-corrected chi connectivity index (χ0v) is 9.90. The third-order valence-corrected chi connectivity index (χ3v) is 3.14. The highest BCUT2D eigenvalue weighted by Crippen LogP contribution is 2.32. The van der Waals surface area contributed by atoms with Crippen LogP contribution in [-0.2, 0) is 0 Å². The van der Waals surface area contributed by atoms with Crippen molar-refractivity contribution in [2.45, 2.75) is 18.9 Å². The first-order chi connectivity index (χ1) is 7.90. The molecule has 4 heteroatoms. The number of allylic oxidation sites excluding steroid dienone is 2. The topological polar surface area (TPSA) is 104 Å². The Morgan fingerprint density at radius 3 is 2.35 bits per heavy atom. The fourth-order valence-corrected chi connectivity index (χ4v) is 1.91. The van der Waals surface area contributed by atoms with Crippen molar-refractivity contribution >= 4 is 16.9 Å². The van der Waals surface area contributed by atoms with Crippen molar-refractivity contribution in [2.24, 2.45) is 11.5 Å². The first-order valence-corrected chi connectivity index (χ1v) is 5.51. The molecule has 0 saturated heterocycles. The van der Waals surface area contributed by atoms with E-state index >= 15 is 0 Å². The zero-order chi connectivity index (χ0) is 12.6. The largest absolute Gasteiger partial charge is 0.401 e. The predicted octanol–water partition coefficient (Wildman–Crippen LogP) is 1.20. The average Bonchev–Trinajstić information content (AvgIpc) is 2.26. The van der Waals surface area contributed by atoms with E-state index in [1.807, 2.05) is 31.2 Å². The Morgan fingerprint density at radius 1 is 1.06 bits per heavy atom. The van der Waals surface area contributed by atoms with Gasteiger partial charge in [-0.2, -0.15) is 0 Å². The van der Waals surface area contributed by atoms with Gasteiger partial charge < -0.3 is 22.9 Å². The molecule has 0 saturated carbocycles. The summed E-state index contributed by atoms with van der Waals surface area (Å²) in [6.07, 6.45) is 4.53. The van der Waals surface area contributed by atoms with Crippen LogP contribution in [-0.4, -0.2) is 5.54 Å². The summed E-state index contributed by atoms with van der Waals surface area (Å²) < 4.78 is 0. The van der Waals surface area contributed by atoms with Crippen LogP contribution >= 0.6 is 0 Å². The molecule has 0 spiro atoms. The quantitative estimate of drug-likeness (QED) is 0.544. The van der Waals surface area contributed by atoms with Crippen molar-refractivity contribution < 1.29 is 0 Å². The van der Waals surface area contributed by atoms with E-state index in [-0.39, 0.29) is 0 Å². The van der Waals surface area contributed by atoms with Gasteiger partial charge >= 0.3 is 0 Å². The van der Waals surface area contributed by atoms with E-state index in [0.717, 1.165) is 11.1 Å². The highest BCUT2D eigenvalue weighted by Gasteiger charge is 2.26. The number of hydrogen-bond acceptors (Lipinski definition) is 4. The van der Waals surface area contributed by atoms with Gasteiger partial charge in [-0.05, 0) is 42.7 Å². The van der Waals surface area contributed by atoms with Gasteiger partial charge in [-0.1, -0.05) is 12.1 Å². The molecule has 2 rings (SSSR count). The van der Waals surface area contributed by atoms with Crippen LogP contribution in [0.2, 0.25) is 0 Å². The number of nitrogens with two attached hydrogens (primary N) is 4. The van der Waals surface area contributed by atoms with Crippen molar-refractivity contribution in [3.05, 3.63) is 41.6 Å². The fourth-order valence-electron chi connectivity index (χ4n) is 1.91. The summed E-state index contributed by atoms with van der Waals surface area (Å²) in [6, 6.07) is 5.62. The van der Waals surface area contributed by atoms with Crippen LogP contribution in [0.4, 0.5) is 11.4 Å². The van der Waals surface area contributed by atoms with Gasteiger partial charge in [0.05, 0.1) is 16.9 Å². The van der Waals surface area contributed by atoms with Gasteiger partial charge in [0.1, 0.15) is 0 Å². The van der Waals surface area contributed by atoms with Crippen LogP contribution in [0.1, 0.15) is 18.9 Å². The lowest BCUT2D eigenvalue weighted by Crippen LogP contribution is -2.43. The summed E-state index contributed by atoms with van der Waals surface area (Å²) in [7, 11) is 0. The Morgan fingerprint density at radius 2 is 1.76 bits per heavy atom. The molecule has 90 valence electrons. The van der Waals surface area contributed by atoms with Gasteiger partial charge in [-0.25, -0.2) is 0 Å². The molecule has 1 aliphatic rings. The van der Waals surface area contributed by atoms with Gasteiger partial charge in [-0.3, -0.25) is 0 Å². The van der Waals surface area contributed by atoms with Crippen molar-refractivity contribution in [3.8, 4) is 0 Å². The molecule has 1 unspecified atom stereocenters. The second kappa shape index (κ2) is 3.82. The Balaban J connectivity index is 2.39. The number of anilines is 2. The van der Waals surface area contributed by atoms with Gasteiger partial charge in [0, 0.05) is 5.70 Å². The summed E-state index contributed by atoms with van der Waals surface area (Å²) in [4.78, 5) is 0. The maximum atomic E-state index is 6.13. The van der Waals surface area contributed by atoms with Crippen LogP contribution in [0.3, 0.4) is 0 Å². The normalized spacial score (nSPS) is 24.1. The smallest absolute Gasteiger partial charge is 0.0568 e. The first-order valence-electron chi connectivity index (χ1n) is 5.51. The minimum atomic E-state index is -0.500. The number of nitrogen functional groups attached to an aromatic ring is 2. The minimum Gasteiger partial charge on any atom is -0.401 e. The monoisotopic (exact) mass is 230 g/mol. The molecular formula is C13H18N4. The van der Waals surface area contributed by atoms with Crippen molar-refractivity contribution in [2.75, 3.05) is 11.5 Å². The molecule has 1 aromatic carbocycles. The summed E-state index contributed by atoms with van der Waals surface area (Å²) in [5, 5.41) is 0. The van der Waals surface area contributed by atoms with Gasteiger partial charge in [0.15, 0.2) is 0 Å². The van der Waals surface area contributed by atoms with Crippen LogP contribution in [0.5, 0.6) is 0 Å². The first kappa shape index (κ1) is 11.5. The third kappa shape index (κ3) is 2.12. The molecular weight excluding hydrogens is 212 g/mol. The van der Waals surface area contributed by atoms with Crippen molar-refractivity contribution in [1.82, 2.24) is 0 Å². The van der Waals surface area contributed by atoms with E-state index in [1.54, 1.807) is 6.07 Å². The molecule has 0 aliphatic heterocycles. The molecule has 0 fully saturated rings. The van der Waals surface area contributed by atoms with Crippen LogP contribution in [0, 0.1) is 0 Å². The van der Waals surface area contributed by atoms with Gasteiger partial charge in [0.25, 0.3) is 0 Å². The van der Waals surface area contributed by atoms with E-state index in [0.29, 0.717) is 23.5 Å². The second-order valence-corrected chi connectivity index (χ2v) is 4.75. The Labute approximate surface area is 101 Å². The Kier molecular flexibility index (Phi) is 2.59. The van der Waals surface area contributed by atoms with E-state index in [1.165, 1.54) is 0 Å². The predicted molar refractivity (Wildman–Crippen MR) is 72.7 cm³/mol. The van der Waals surface area contributed by atoms with Crippen LogP contribution in [0.25, 0.3) is 5.57 Å². The summed E-state index contributed by atoms with van der Waals surface area (Å²) >= 11 is 0. The number of hydrogen-bond donors (Lipinski definition) is 4. The summed E-state index contributed by atoms with van der Waals surface area (Å²) in [5.74, 6) is 0. The van der Waals surface area contributed by atoms with E-state index in [2.05, 4.69) is 0 Å². The van der Waals surface area contributed by atoms with Crippen molar-refractivity contribution in [1.29, 1.82) is 0 Å². The SMILES string of the molecule is CC1(N)CC(c2ccc(N)c(N)c2)=CC=C1N. The van der Waals surface area contributed by atoms with Gasteiger partial charge in [-0.15, -0.1) is 0 Å². The molecule has 17 heavy (non-hydrogen) atoms. The molecule has 1 aromatic rings. The standard InChI is InChI=1S/C13H18N4/c1-13(17)7-9(3-5-12(13)16)8-2-4-10(14)11(15)6-8/h2-6H,7,14-17H2,1H3. The molecule has 0 heterocycles. The maximum Gasteiger partial charge on any atom is 0.0568 e. The molecule has 1 atom stereocenters. The molecule has 1 aliphatic carbocycles. The van der Waals surface area contributed by atoms with Crippen LogP contribution in [0.15, 0.2) is 36.0 Å². The third-order valence-electron chi connectivity index (χ3n) is 3.14. The highest BCUT2D eigenvalue weighted by atomic mass is 14.8. The lowest BCUT2D eigenvalue weighted by Gasteiger charge is -2.29. The Hall–Kier alpha value is -1.94. The summed E-state index contributed by atoms with van der Waals surface area (Å²) in [5.41, 5.74) is 27.0. The fraction of sp³-hybridized carbons (Fsp3) is 0.231. The lowest BCUT2D eigenvalue weighted by atomic mass is 9.83. The van der Waals surface area contributed by atoms with E-state index < -0.39 is 5.54 Å². The van der Waals surface area contributed by atoms with Crippen molar-refractivity contribution in [3.63, 3.8) is 0 Å².